The molecule has 0 spiro atoms. The Hall–Kier alpha value is -0.0932. The molecule has 0 aliphatic rings. The second-order valence-corrected chi connectivity index (χ2v) is 22.7. The number of aliphatic hydroxyl groups is 4. The Balaban J connectivity index is -0.0000000409. The molecule has 2 radical (unpaired) electrons. The van der Waals surface area contributed by atoms with E-state index >= 15 is 0 Å². The van der Waals surface area contributed by atoms with Crippen molar-refractivity contribution in [1.82, 2.24) is 19.6 Å². The average molecular weight is 1760 g/mol. The minimum atomic E-state index is -1.75. The van der Waals surface area contributed by atoms with E-state index in [2.05, 4.69) is 0 Å². The summed E-state index contributed by atoms with van der Waals surface area (Å²) >= 11 is 0. The smallest absolute Gasteiger partial charge is 2.00 e. The van der Waals surface area contributed by atoms with Gasteiger partial charge in [-0.3, -0.25) is 0 Å². The number of aliphatic carboxylic acids is 6. The van der Waals surface area contributed by atoms with Crippen molar-refractivity contribution in [2.75, 3.05) is 131 Å². The number of carbonyl (C=O) groups is 6. The molecule has 538 valence electrons. The number of hydrogen-bond acceptors (Lipinski definition) is 30. The van der Waals surface area contributed by atoms with Crippen LogP contribution in [-0.2, 0) is 108 Å². The molecule has 0 fully saturated rings. The molecule has 0 bridgehead atoms. The molecule has 0 saturated carbocycles. The molecule has 0 aliphatic heterocycles. The van der Waals surface area contributed by atoms with E-state index in [4.69, 9.17) is 51.1 Å². The first-order chi connectivity index (χ1) is 36.7. The standard InChI is InChI=1S/2C10H22N2O4.6C5H10O2.2Eu.4Mn.2NO3.2O/c2*13-7-3-11(4-8-14)1-2-12(5-9-15)6-10-16;6*1-5(2,3)4(6)7;;;;;;;2*2-1(3)4;;/h2*13,15H,1-10H2;6*1-3H3,(H,6,7);;;;;;;;;;/q2*-2;;;;;;;2*+3;2*+2;2*+3;2*-1;2*-2/p-6. The van der Waals surface area contributed by atoms with Crippen molar-refractivity contribution in [2.45, 2.75) is 125 Å². The van der Waals surface area contributed by atoms with Crippen LogP contribution in [0.4, 0.5) is 0 Å². The van der Waals surface area contributed by atoms with Gasteiger partial charge in [0.1, 0.15) is 0 Å². The molecule has 4 N–H and O–H groups in total. The summed E-state index contributed by atoms with van der Waals surface area (Å²) in [4.78, 5) is 83.4. The van der Waals surface area contributed by atoms with Gasteiger partial charge in [-0.15, -0.1) is 26.4 Å². The van der Waals surface area contributed by atoms with Gasteiger partial charge in [-0.1, -0.05) is 125 Å². The summed E-state index contributed by atoms with van der Waals surface area (Å²) in [6.45, 7) is 34.2. The van der Waals surface area contributed by atoms with Gasteiger partial charge in [0.2, 0.25) is 0 Å². The van der Waals surface area contributed by atoms with E-state index in [1.54, 1.807) is 125 Å². The second kappa shape index (κ2) is 81.3. The molecule has 0 saturated heterocycles. The monoisotopic (exact) mass is 1760 g/mol. The van der Waals surface area contributed by atoms with E-state index in [1.165, 1.54) is 0 Å². The molecule has 0 rings (SSSR count). The number of aliphatic hydroxyl groups excluding tert-OH is 4. The van der Waals surface area contributed by atoms with Gasteiger partial charge in [0.15, 0.2) is 0 Å². The maximum atomic E-state index is 10.5. The number of nitrogens with zero attached hydrogens (tertiary/aromatic N) is 6. The molecule has 0 amide bonds. The summed E-state index contributed by atoms with van der Waals surface area (Å²) in [5.74, 6) is -6.04. The van der Waals surface area contributed by atoms with Crippen LogP contribution < -0.4 is 51.1 Å². The summed E-state index contributed by atoms with van der Waals surface area (Å²) in [5.41, 5.74) is -4.17. The van der Waals surface area contributed by atoms with Gasteiger partial charge < -0.3 is 161 Å². The largest absolute Gasteiger partial charge is 3.00 e. The molecule has 0 aromatic rings. The number of carbonyl (C=O) groups excluding carboxylic acids is 6. The van der Waals surface area contributed by atoms with Gasteiger partial charge in [-0.25, -0.2) is 0 Å². The third kappa shape index (κ3) is 136. The van der Waals surface area contributed by atoms with Crippen LogP contribution in [-0.4, -0.2) is 217 Å². The quantitative estimate of drug-likeness (QED) is 0.0444. The van der Waals surface area contributed by atoms with E-state index in [0.717, 1.165) is 0 Å². The molecule has 0 heterocycles. The van der Waals surface area contributed by atoms with Crippen LogP contribution in [0.1, 0.15) is 125 Å². The molecule has 0 unspecified atom stereocenters. The van der Waals surface area contributed by atoms with Crippen LogP contribution in [0.5, 0.6) is 0 Å². The van der Waals surface area contributed by atoms with Gasteiger partial charge in [0.25, 0.3) is 0 Å². The molecule has 40 heteroatoms. The summed E-state index contributed by atoms with van der Waals surface area (Å²) in [6.07, 6.45) is 0. The zero-order valence-electron chi connectivity index (χ0n) is 54.7. The van der Waals surface area contributed by atoms with Gasteiger partial charge in [0.05, 0.1) is 36.6 Å². The predicted molar refractivity (Wildman–Crippen MR) is 282 cm³/mol. The van der Waals surface area contributed by atoms with Crippen molar-refractivity contribution in [1.29, 1.82) is 0 Å². The Kier molecular flexibility index (Phi) is 124. The molecule has 0 aromatic carbocycles. The molecular weight excluding hydrogens is 1660 g/mol. The maximum Gasteiger partial charge on any atom is 3.00 e. The van der Waals surface area contributed by atoms with Crippen molar-refractivity contribution in [3.63, 3.8) is 0 Å². The van der Waals surface area contributed by atoms with Gasteiger partial charge >= 0.3 is 167 Å². The molecule has 90 heavy (non-hydrogen) atoms. The van der Waals surface area contributed by atoms with E-state index in [0.29, 0.717) is 78.5 Å². The number of carboxylic acid groups (broad SMARTS) is 6. The first kappa shape index (κ1) is 137. The van der Waals surface area contributed by atoms with Crippen molar-refractivity contribution in [3.8, 4) is 0 Å². The van der Waals surface area contributed by atoms with E-state index < -0.39 is 78.5 Å². The van der Waals surface area contributed by atoms with Crippen molar-refractivity contribution in [3.05, 3.63) is 30.6 Å². The average Bonchev–Trinajstić information content (AvgIpc) is 3.27. The Labute approximate surface area is 655 Å². The summed E-state index contributed by atoms with van der Waals surface area (Å²) in [6, 6.07) is 0. The van der Waals surface area contributed by atoms with Crippen LogP contribution in [0.15, 0.2) is 0 Å². The minimum Gasteiger partial charge on any atom is -2.00 e. The van der Waals surface area contributed by atoms with Crippen LogP contribution in [0, 0.1) is 162 Å². The number of rotatable bonds is 22. The van der Waals surface area contributed by atoms with Crippen LogP contribution in [0.3, 0.4) is 0 Å². The second-order valence-electron chi connectivity index (χ2n) is 22.7. The van der Waals surface area contributed by atoms with Gasteiger partial charge in [-0.2, -0.15) is 0 Å². The third-order valence-electron chi connectivity index (χ3n) is 8.43. The molecular formula is C50H98Eu2Mn4N6O28. The van der Waals surface area contributed by atoms with E-state index in [-0.39, 0.29) is 231 Å². The normalized spacial score (nSPS) is 9.93. The molecule has 0 aliphatic carbocycles. The maximum absolute atomic E-state index is 10.5. The SMILES string of the molecule is CC(C)(C)C(=O)[O-].CC(C)(C)C(=O)[O-].CC(C)(C)C(=O)[O-].CC(C)(C)C(=O)[O-].CC(C)(C)C(=O)[O-].CC(C)(C)C(=O)[O-].O=[N+]([O-])[O-].O=[N+]([O-])[O-].[Eu+3].[Eu+3].[Mn+2].[Mn+2].[Mn+3].[Mn+3].[O-2].[O-2].[O-]CCN(CCO)CCN(CC[O-])CCO.[O-]CCN(CCO)CCN(CC[O-])CCO. The summed E-state index contributed by atoms with van der Waals surface area (Å²) in [7, 11) is 0. The van der Waals surface area contributed by atoms with Gasteiger partial charge in [-0.05, 0) is 26.2 Å². The Morgan fingerprint density at radius 2 is 0.378 bits per heavy atom. The van der Waals surface area contributed by atoms with Crippen molar-refractivity contribution in [2.24, 2.45) is 32.5 Å². The topological polar surface area (TPSA) is 616 Å². The van der Waals surface area contributed by atoms with E-state index in [9.17, 15) is 79.8 Å². The Morgan fingerprint density at radius 3 is 0.422 bits per heavy atom. The third-order valence-corrected chi connectivity index (χ3v) is 8.43. The van der Waals surface area contributed by atoms with Gasteiger partial charge in [0, 0.05) is 121 Å². The predicted octanol–water partition coefficient (Wildman–Crippen LogP) is -9.44. The van der Waals surface area contributed by atoms with Crippen LogP contribution in [0.2, 0.25) is 0 Å². The first-order valence-electron chi connectivity index (χ1n) is 25.3. The molecule has 0 aromatic heterocycles. The fourth-order valence-corrected chi connectivity index (χ4v) is 2.99. The van der Waals surface area contributed by atoms with Crippen LogP contribution in [0.25, 0.3) is 0 Å². The van der Waals surface area contributed by atoms with Crippen molar-refractivity contribution >= 4 is 35.8 Å². The van der Waals surface area contributed by atoms with E-state index in [1.807, 2.05) is 19.6 Å². The Bertz CT molecular complexity index is 1350. The zero-order valence-corrected chi connectivity index (χ0v) is 64.3. The fourth-order valence-electron chi connectivity index (χ4n) is 2.99. The number of carboxylic acids is 6. The molecule has 34 nitrogen and oxygen atoms in total. The van der Waals surface area contributed by atoms with Crippen LogP contribution >= 0.6 is 0 Å². The van der Waals surface area contributed by atoms with Crippen molar-refractivity contribution < 1.29 is 288 Å². The Morgan fingerprint density at radius 1 is 0.300 bits per heavy atom. The first-order valence-corrected chi connectivity index (χ1v) is 25.3. The summed E-state index contributed by atoms with van der Waals surface area (Å²) in [5, 5.41) is 166. The number of hydrogen-bond donors (Lipinski definition) is 4. The molecule has 0 atom stereocenters. The summed E-state index contributed by atoms with van der Waals surface area (Å²) < 4.78 is 0. The zero-order chi connectivity index (χ0) is 68.1. The minimum absolute atomic E-state index is 0. The fraction of sp³-hybridized carbons (Fsp3) is 0.880.